The minimum absolute atomic E-state index is 0.0498. The van der Waals surface area contributed by atoms with Gasteiger partial charge < -0.3 is 20.3 Å². The predicted molar refractivity (Wildman–Crippen MR) is 106 cm³/mol. The molecule has 4 amide bonds. The molecule has 0 radical (unpaired) electrons. The number of hydrogen-bond acceptors (Lipinski definition) is 5. The third-order valence-electron chi connectivity index (χ3n) is 4.01. The van der Waals surface area contributed by atoms with Crippen LogP contribution in [0.1, 0.15) is 24.4 Å². The van der Waals surface area contributed by atoms with Gasteiger partial charge in [-0.3, -0.25) is 5.32 Å². The van der Waals surface area contributed by atoms with Crippen LogP contribution >= 0.6 is 11.3 Å². The van der Waals surface area contributed by atoms with E-state index in [0.717, 1.165) is 10.6 Å². The Kier molecular flexibility index (Phi) is 5.80. The highest BCUT2D eigenvalue weighted by atomic mass is 32.1. The largest absolute Gasteiger partial charge is 0.495 e. The molecule has 2 heterocycles. The van der Waals surface area contributed by atoms with Crippen molar-refractivity contribution in [3.8, 4) is 5.75 Å². The van der Waals surface area contributed by atoms with Gasteiger partial charge in [0.2, 0.25) is 0 Å². The van der Waals surface area contributed by atoms with E-state index in [0.29, 0.717) is 36.1 Å². The second kappa shape index (κ2) is 8.26. The zero-order chi connectivity index (χ0) is 19.4. The predicted octanol–water partition coefficient (Wildman–Crippen LogP) is 3.27. The van der Waals surface area contributed by atoms with Crippen molar-refractivity contribution in [2.45, 2.75) is 32.9 Å². The molecule has 0 saturated carbocycles. The van der Waals surface area contributed by atoms with Gasteiger partial charge in [0.15, 0.2) is 5.13 Å². The second-order valence-corrected chi connectivity index (χ2v) is 7.53. The van der Waals surface area contributed by atoms with Crippen LogP contribution in [0, 0.1) is 0 Å². The smallest absolute Gasteiger partial charge is 0.322 e. The maximum absolute atomic E-state index is 12.6. The van der Waals surface area contributed by atoms with Crippen molar-refractivity contribution < 1.29 is 14.3 Å². The Morgan fingerprint density at radius 2 is 2.04 bits per heavy atom. The molecule has 3 N–H and O–H groups in total. The Balaban J connectivity index is 1.64. The van der Waals surface area contributed by atoms with Crippen LogP contribution in [0.15, 0.2) is 24.3 Å². The molecule has 2 aromatic rings. The molecule has 0 aliphatic carbocycles. The summed E-state index contributed by atoms with van der Waals surface area (Å²) in [5.74, 6) is 0.615. The van der Waals surface area contributed by atoms with Gasteiger partial charge in [0.1, 0.15) is 5.75 Å². The summed E-state index contributed by atoms with van der Waals surface area (Å²) in [5.41, 5.74) is 1.56. The number of nitrogens with zero attached hydrogens (tertiary/aromatic N) is 2. The first-order chi connectivity index (χ1) is 13.0. The van der Waals surface area contributed by atoms with E-state index >= 15 is 0 Å². The summed E-state index contributed by atoms with van der Waals surface area (Å²) in [6, 6.07) is 6.88. The summed E-state index contributed by atoms with van der Waals surface area (Å²) in [5, 5.41) is 8.95. The highest BCUT2D eigenvalue weighted by Crippen LogP contribution is 2.29. The Morgan fingerprint density at radius 3 is 2.78 bits per heavy atom. The average Bonchev–Trinajstić information content (AvgIpc) is 3.02. The van der Waals surface area contributed by atoms with Crippen LogP contribution in [-0.2, 0) is 13.0 Å². The van der Waals surface area contributed by atoms with Crippen LogP contribution in [0.3, 0.4) is 0 Å². The Morgan fingerprint density at radius 1 is 1.26 bits per heavy atom. The highest BCUT2D eigenvalue weighted by molar-refractivity contribution is 7.15. The molecular formula is C18H23N5O3S. The lowest BCUT2D eigenvalue weighted by atomic mass is 10.2. The van der Waals surface area contributed by atoms with Crippen molar-refractivity contribution >= 4 is 34.2 Å². The number of carbonyl (C=O) groups excluding carboxylic acids is 2. The zero-order valence-electron chi connectivity index (χ0n) is 15.5. The molecule has 0 atom stereocenters. The third kappa shape index (κ3) is 4.68. The van der Waals surface area contributed by atoms with Gasteiger partial charge in [-0.25, -0.2) is 14.6 Å². The molecule has 1 aliphatic rings. The second-order valence-electron chi connectivity index (χ2n) is 6.44. The van der Waals surface area contributed by atoms with E-state index in [1.54, 1.807) is 24.1 Å². The number of carbonyl (C=O) groups is 2. The molecule has 27 heavy (non-hydrogen) atoms. The first-order valence-electron chi connectivity index (χ1n) is 8.71. The SMILES string of the molecule is COc1ccccc1NC(=O)N1CCc2nc(NC(=O)NC(C)C)sc2C1. The number of nitrogens with one attached hydrogen (secondary N) is 3. The quantitative estimate of drug-likeness (QED) is 0.748. The summed E-state index contributed by atoms with van der Waals surface area (Å²) >= 11 is 1.40. The van der Waals surface area contributed by atoms with E-state index in [1.807, 2.05) is 26.0 Å². The summed E-state index contributed by atoms with van der Waals surface area (Å²) in [6.45, 7) is 4.81. The monoisotopic (exact) mass is 389 g/mol. The van der Waals surface area contributed by atoms with Crippen molar-refractivity contribution in [1.82, 2.24) is 15.2 Å². The number of thiazole rings is 1. The topological polar surface area (TPSA) is 95.6 Å². The fourth-order valence-electron chi connectivity index (χ4n) is 2.76. The number of amides is 4. The van der Waals surface area contributed by atoms with Gasteiger partial charge in [-0.1, -0.05) is 23.5 Å². The molecule has 1 aromatic carbocycles. The van der Waals surface area contributed by atoms with E-state index in [-0.39, 0.29) is 18.1 Å². The Hall–Kier alpha value is -2.81. The number of rotatable bonds is 4. The van der Waals surface area contributed by atoms with Crippen LogP contribution in [-0.4, -0.2) is 41.6 Å². The van der Waals surface area contributed by atoms with Crippen LogP contribution in [0.2, 0.25) is 0 Å². The lowest BCUT2D eigenvalue weighted by molar-refractivity contribution is 0.206. The van der Waals surface area contributed by atoms with Gasteiger partial charge in [0.25, 0.3) is 0 Å². The van der Waals surface area contributed by atoms with Crippen molar-refractivity contribution in [2.75, 3.05) is 24.3 Å². The fourth-order valence-corrected chi connectivity index (χ4v) is 3.78. The molecule has 144 valence electrons. The number of anilines is 2. The molecule has 0 bridgehead atoms. The van der Waals surface area contributed by atoms with Gasteiger partial charge in [-0.2, -0.15) is 0 Å². The fraction of sp³-hybridized carbons (Fsp3) is 0.389. The van der Waals surface area contributed by atoms with Gasteiger partial charge >= 0.3 is 12.1 Å². The molecule has 0 unspecified atom stereocenters. The molecule has 9 heteroatoms. The Labute approximate surface area is 161 Å². The molecule has 0 spiro atoms. The standard InChI is InChI=1S/C18H23N5O3S/c1-11(2)19-16(24)22-17-20-13-8-9-23(10-15(13)27-17)18(25)21-12-6-4-5-7-14(12)26-3/h4-7,11H,8-10H2,1-3H3,(H,21,25)(H2,19,20,22,24). The number of para-hydroxylation sites is 2. The lowest BCUT2D eigenvalue weighted by Gasteiger charge is -2.26. The first kappa shape index (κ1) is 19.0. The van der Waals surface area contributed by atoms with E-state index in [2.05, 4.69) is 20.9 Å². The number of benzene rings is 1. The van der Waals surface area contributed by atoms with Crippen molar-refractivity contribution in [2.24, 2.45) is 0 Å². The third-order valence-corrected chi connectivity index (χ3v) is 5.01. The van der Waals surface area contributed by atoms with E-state index in [1.165, 1.54) is 11.3 Å². The summed E-state index contributed by atoms with van der Waals surface area (Å²) in [4.78, 5) is 31.6. The number of methoxy groups -OCH3 is 1. The first-order valence-corrected chi connectivity index (χ1v) is 9.53. The molecule has 0 fully saturated rings. The normalized spacial score (nSPS) is 13.1. The summed E-state index contributed by atoms with van der Waals surface area (Å²) in [7, 11) is 1.57. The van der Waals surface area contributed by atoms with E-state index < -0.39 is 0 Å². The van der Waals surface area contributed by atoms with Crippen LogP contribution in [0.5, 0.6) is 5.75 Å². The summed E-state index contributed by atoms with van der Waals surface area (Å²) in [6.07, 6.45) is 0.651. The molecule has 3 rings (SSSR count). The number of fused-ring (bicyclic) bond motifs is 1. The van der Waals surface area contributed by atoms with Crippen molar-refractivity contribution in [3.63, 3.8) is 0 Å². The number of ether oxygens (including phenoxy) is 1. The minimum atomic E-state index is -0.276. The van der Waals surface area contributed by atoms with Crippen molar-refractivity contribution in [1.29, 1.82) is 0 Å². The molecule has 0 saturated heterocycles. The van der Waals surface area contributed by atoms with Gasteiger partial charge in [0.05, 0.1) is 25.0 Å². The van der Waals surface area contributed by atoms with Gasteiger partial charge in [0, 0.05) is 23.9 Å². The average molecular weight is 389 g/mol. The van der Waals surface area contributed by atoms with Gasteiger partial charge in [-0.05, 0) is 26.0 Å². The van der Waals surface area contributed by atoms with E-state index in [4.69, 9.17) is 4.74 Å². The highest BCUT2D eigenvalue weighted by Gasteiger charge is 2.25. The molecule has 8 nitrogen and oxygen atoms in total. The zero-order valence-corrected chi connectivity index (χ0v) is 16.4. The molecule has 1 aliphatic heterocycles. The molecular weight excluding hydrogens is 366 g/mol. The maximum atomic E-state index is 12.6. The maximum Gasteiger partial charge on any atom is 0.322 e. The lowest BCUT2D eigenvalue weighted by Crippen LogP contribution is -2.38. The number of urea groups is 2. The Bertz CT molecular complexity index is 836. The van der Waals surface area contributed by atoms with Gasteiger partial charge in [-0.15, -0.1) is 0 Å². The number of hydrogen-bond donors (Lipinski definition) is 3. The van der Waals surface area contributed by atoms with Crippen LogP contribution in [0.25, 0.3) is 0 Å². The van der Waals surface area contributed by atoms with Crippen LogP contribution < -0.4 is 20.7 Å². The summed E-state index contributed by atoms with van der Waals surface area (Å²) < 4.78 is 5.27. The van der Waals surface area contributed by atoms with Crippen molar-refractivity contribution in [3.05, 3.63) is 34.8 Å². The van der Waals surface area contributed by atoms with E-state index in [9.17, 15) is 9.59 Å². The number of aromatic nitrogens is 1. The molecule has 1 aromatic heterocycles. The minimum Gasteiger partial charge on any atom is -0.495 e. The van der Waals surface area contributed by atoms with Crippen LogP contribution in [0.4, 0.5) is 20.4 Å².